The van der Waals surface area contributed by atoms with Gasteiger partial charge in [0.2, 0.25) is 0 Å². The molecule has 0 bridgehead atoms. The fourth-order valence-corrected chi connectivity index (χ4v) is 22.1. The number of aromatic amines is 1. The number of carbonyl (C=O) groups is 3. The predicted octanol–water partition coefficient (Wildman–Crippen LogP) is 11.8. The second-order valence-corrected chi connectivity index (χ2v) is 31.1. The van der Waals surface area contributed by atoms with Gasteiger partial charge in [0.05, 0.1) is 46.5 Å². The van der Waals surface area contributed by atoms with Crippen LogP contribution in [0.1, 0.15) is 235 Å². The van der Waals surface area contributed by atoms with Crippen LogP contribution in [0.2, 0.25) is 0 Å². The van der Waals surface area contributed by atoms with E-state index in [0.717, 1.165) is 108 Å². The van der Waals surface area contributed by atoms with Crippen LogP contribution in [0.4, 0.5) is 0 Å². The molecular formula is C71H101N3O9. The van der Waals surface area contributed by atoms with Crippen molar-refractivity contribution in [1.82, 2.24) is 14.9 Å². The van der Waals surface area contributed by atoms with Crippen LogP contribution in [0.3, 0.4) is 0 Å². The number of nitrogens with one attached hydrogen (secondary N) is 2. The van der Waals surface area contributed by atoms with E-state index in [2.05, 4.69) is 80.9 Å². The number of aryl methyl sites for hydroxylation is 1. The van der Waals surface area contributed by atoms with Gasteiger partial charge in [0.15, 0.2) is 5.78 Å². The number of carbonyl (C=O) groups excluding carboxylic acids is 3. The Morgan fingerprint density at radius 1 is 0.880 bits per heavy atom. The molecule has 0 radical (unpaired) electrons. The number of ether oxygens (including phenoxy) is 2. The minimum atomic E-state index is -1.05. The Morgan fingerprint density at radius 3 is 2.31 bits per heavy atom. The number of unbranched alkanes of at least 4 members (excludes halogenated alkanes) is 2. The lowest BCUT2D eigenvalue weighted by atomic mass is 9.29. The van der Waals surface area contributed by atoms with E-state index in [1.807, 2.05) is 20.9 Å². The van der Waals surface area contributed by atoms with E-state index in [0.29, 0.717) is 103 Å². The van der Waals surface area contributed by atoms with Crippen LogP contribution >= 0.6 is 0 Å². The van der Waals surface area contributed by atoms with Crippen molar-refractivity contribution >= 4 is 28.4 Å². The number of hydrogen-bond donors (Lipinski definition) is 6. The quantitative estimate of drug-likeness (QED) is 0.0710. The molecule has 7 aliphatic carbocycles. The summed E-state index contributed by atoms with van der Waals surface area (Å²) in [6.45, 7) is 20.1. The summed E-state index contributed by atoms with van der Waals surface area (Å²) in [5.74, 6) is -0.858. The first kappa shape index (κ1) is 58.5. The van der Waals surface area contributed by atoms with Gasteiger partial charge in [-0.25, -0.2) is 0 Å². The molecule has 10 aliphatic rings. The summed E-state index contributed by atoms with van der Waals surface area (Å²) in [6, 6.07) is 4.67. The van der Waals surface area contributed by atoms with Gasteiger partial charge >= 0.3 is 0 Å². The molecule has 5 saturated carbocycles. The number of Topliss-reactive ketones (excluding diaryl/α,β-unsaturated/α-hetero) is 3. The summed E-state index contributed by atoms with van der Waals surface area (Å²) in [5.41, 5.74) is 4.80. The zero-order chi connectivity index (χ0) is 58.6. The van der Waals surface area contributed by atoms with Crippen molar-refractivity contribution in [2.45, 2.75) is 257 Å². The van der Waals surface area contributed by atoms with Gasteiger partial charge in [-0.2, -0.15) is 0 Å². The van der Waals surface area contributed by atoms with Crippen LogP contribution in [0.15, 0.2) is 35.7 Å². The number of hydrogen-bond acceptors (Lipinski definition) is 10. The van der Waals surface area contributed by atoms with E-state index in [-0.39, 0.29) is 41.2 Å². The van der Waals surface area contributed by atoms with E-state index in [9.17, 15) is 20.4 Å². The number of fused-ring (bicyclic) bond motifs is 6. The molecule has 5 heterocycles. The summed E-state index contributed by atoms with van der Waals surface area (Å²) >= 11 is 0. The number of H-pyrrole nitrogens is 1. The van der Waals surface area contributed by atoms with E-state index >= 15 is 14.4 Å². The van der Waals surface area contributed by atoms with Gasteiger partial charge in [-0.1, -0.05) is 92.2 Å². The lowest BCUT2D eigenvalue weighted by Crippen LogP contribution is -2.73. The number of rotatable bonds is 13. The molecular weight excluding hydrogens is 1040 g/mol. The van der Waals surface area contributed by atoms with Gasteiger partial charge in [-0.15, -0.1) is 0 Å². The van der Waals surface area contributed by atoms with Crippen LogP contribution in [0.25, 0.3) is 11.0 Å². The summed E-state index contributed by atoms with van der Waals surface area (Å²) in [7, 11) is 1.96. The van der Waals surface area contributed by atoms with Gasteiger partial charge in [-0.05, 0) is 184 Å². The number of benzene rings is 1. The Hall–Kier alpha value is -3.49. The van der Waals surface area contributed by atoms with E-state index in [1.54, 1.807) is 0 Å². The smallest absolute Gasteiger partial charge is 0.163 e. The highest BCUT2D eigenvalue weighted by atomic mass is 16.6. The number of ketones is 3. The molecule has 2 saturated heterocycles. The predicted molar refractivity (Wildman–Crippen MR) is 322 cm³/mol. The number of aromatic nitrogens is 2. The van der Waals surface area contributed by atoms with Crippen molar-refractivity contribution in [1.29, 1.82) is 0 Å². The number of allylic oxidation sites excluding steroid dienone is 1. The van der Waals surface area contributed by atoms with E-state index in [1.165, 1.54) is 24.8 Å². The van der Waals surface area contributed by atoms with Gasteiger partial charge < -0.3 is 44.8 Å². The molecule has 15 atom stereocenters. The monoisotopic (exact) mass is 1140 g/mol. The molecule has 3 aliphatic heterocycles. The third kappa shape index (κ3) is 8.50. The largest absolute Gasteiger partial charge is 0.393 e. The highest BCUT2D eigenvalue weighted by Crippen LogP contribution is 2.81. The number of aliphatic hydroxyl groups is 4. The maximum atomic E-state index is 16.7. The average molecular weight is 1140 g/mol. The van der Waals surface area contributed by atoms with Crippen molar-refractivity contribution < 1.29 is 44.3 Å². The lowest BCUT2D eigenvalue weighted by molar-refractivity contribution is -0.267. The van der Waals surface area contributed by atoms with Crippen molar-refractivity contribution in [3.8, 4) is 0 Å². The Balaban J connectivity index is 1.04. The van der Waals surface area contributed by atoms with Crippen molar-refractivity contribution in [3.05, 3.63) is 69.1 Å². The standard InChI is InChI=1S/C71H101N3O9/c1-10-11-13-18-49-61(80)57-56-48(60(79)62-67(6,68(49,56)7)25-23-53-66(5,27-30-72-9)54(78)37-70(69(53,62)8)26-22-44(75)35-70)40-74-39-47(58-59(74)42(38-73-58)21-24-65(57,4)36-52(77)63-64(2,3)83-63)55-46-33-43(41-16-14-12-15-17-41)34-50(45(46)19-20-51(55)76)71(81)28-31-82-32-29-71/h33-34,38-39,41,44,48-49,52-53,55,60,62-63,72-73,75,77,79,81H,10-32,35-37,40H2,1-9H3/t44-,48-,49+,52-,53+,55+,60-,62+,63-,65+,66+,67+,68+,69-,70-/m1/s1. The highest BCUT2D eigenvalue weighted by Gasteiger charge is 2.79. The molecule has 7 fully saturated rings. The summed E-state index contributed by atoms with van der Waals surface area (Å²) in [6.07, 6.45) is 19.2. The van der Waals surface area contributed by atoms with Crippen molar-refractivity contribution in [2.75, 3.05) is 26.8 Å². The molecule has 0 unspecified atom stereocenters. The molecule has 1 spiro atoms. The molecule has 12 nitrogen and oxygen atoms in total. The van der Waals surface area contributed by atoms with Gasteiger partial charge in [-0.3, -0.25) is 14.4 Å². The maximum absolute atomic E-state index is 16.7. The Bertz CT molecular complexity index is 3100. The van der Waals surface area contributed by atoms with Crippen LogP contribution in [-0.2, 0) is 48.8 Å². The van der Waals surface area contributed by atoms with E-state index < -0.39 is 73.8 Å². The van der Waals surface area contributed by atoms with Gasteiger partial charge in [0.25, 0.3) is 0 Å². The third-order valence-corrected chi connectivity index (χ3v) is 26.6. The average Bonchev–Trinajstić information content (AvgIpc) is 1.94. The van der Waals surface area contributed by atoms with Crippen LogP contribution in [0, 0.1) is 56.2 Å². The minimum absolute atomic E-state index is 0.0603. The van der Waals surface area contributed by atoms with E-state index in [4.69, 9.17) is 9.47 Å². The number of aliphatic hydroxyl groups excluding tert-OH is 3. The van der Waals surface area contributed by atoms with Gasteiger partial charge in [0.1, 0.15) is 17.7 Å². The Kier molecular flexibility index (Phi) is 14.5. The number of epoxide rings is 1. The topological polar surface area (TPSA) is 187 Å². The fourth-order valence-electron chi connectivity index (χ4n) is 22.1. The van der Waals surface area contributed by atoms with Crippen LogP contribution in [-0.4, -0.2) is 104 Å². The minimum Gasteiger partial charge on any atom is -0.393 e. The van der Waals surface area contributed by atoms with Crippen LogP contribution in [0.5, 0.6) is 0 Å². The van der Waals surface area contributed by atoms with Gasteiger partial charge in [0, 0.05) is 91.6 Å². The summed E-state index contributed by atoms with van der Waals surface area (Å²) in [4.78, 5) is 51.1. The molecule has 12 heteroatoms. The van der Waals surface area contributed by atoms with Crippen LogP contribution < -0.4 is 5.32 Å². The Morgan fingerprint density at radius 2 is 1.63 bits per heavy atom. The highest BCUT2D eigenvalue weighted by molar-refractivity contribution is 6.04. The second kappa shape index (κ2) is 20.5. The van der Waals surface area contributed by atoms with Crippen molar-refractivity contribution in [2.24, 2.45) is 56.2 Å². The zero-order valence-electron chi connectivity index (χ0n) is 52.0. The second-order valence-electron chi connectivity index (χ2n) is 31.1. The molecule has 1 aromatic carbocycles. The summed E-state index contributed by atoms with van der Waals surface area (Å²) in [5, 5.41) is 55.1. The number of nitrogens with zero attached hydrogens (tertiary/aromatic N) is 1. The summed E-state index contributed by atoms with van der Waals surface area (Å²) < 4.78 is 14.5. The third-order valence-electron chi connectivity index (χ3n) is 26.6. The SMILES string of the molecule is CCCCC[C@H]1C(=O)C2=C3[C@@H](Cn4cc([C@H]5C(=O)CCc6c5cc(C5CCCCC5)cc6C5(O)CCOCC5)c5[nH]cc(c54)CC[C@@]2(C)C[C@@H](O)[C@H]2OC2(C)C)[C@@H](O)[C@@H]2[C@@]4(C)[C@@H](CC[C@]2(C)[C@]31C)[C@](C)(CCNC)C(=O)C[C@]41CC[C@@H](O)C1. The molecule has 6 N–H and O–H groups in total. The molecule has 3 aromatic rings. The normalized spacial score (nSPS) is 40.6. The molecule has 0 amide bonds. The first-order valence-corrected chi connectivity index (χ1v) is 33.3. The fraction of sp³-hybridized carbons (Fsp3) is 0.761. The molecule has 13 rings (SSSR count). The molecule has 454 valence electrons. The maximum Gasteiger partial charge on any atom is 0.163 e. The first-order valence-electron chi connectivity index (χ1n) is 33.3. The Labute approximate surface area is 494 Å². The molecule has 83 heavy (non-hydrogen) atoms. The molecule has 2 aromatic heterocycles. The first-order chi connectivity index (χ1) is 39.4. The zero-order valence-corrected chi connectivity index (χ0v) is 52.0. The lowest BCUT2D eigenvalue weighted by Gasteiger charge is -2.74. The van der Waals surface area contributed by atoms with Crippen molar-refractivity contribution in [3.63, 3.8) is 0 Å².